The van der Waals surface area contributed by atoms with E-state index in [1.807, 2.05) is 0 Å². The first kappa shape index (κ1) is 12.8. The zero-order valence-corrected chi connectivity index (χ0v) is 9.51. The summed E-state index contributed by atoms with van der Waals surface area (Å²) in [5.74, 6) is 0.326. The third-order valence-electron chi connectivity index (χ3n) is 2.15. The number of carbonyl (C=O) groups excluding carboxylic acids is 1. The van der Waals surface area contributed by atoms with Crippen molar-refractivity contribution in [3.05, 3.63) is 29.8 Å². The van der Waals surface area contributed by atoms with Crippen molar-refractivity contribution in [2.75, 3.05) is 13.7 Å². The highest BCUT2D eigenvalue weighted by molar-refractivity contribution is 5.97. The fraction of sp³-hybridized carbons (Fsp3) is 0.273. The molecule has 0 unspecified atom stereocenters. The number of benzene rings is 1. The van der Waals surface area contributed by atoms with E-state index >= 15 is 0 Å². The Morgan fingerprint density at radius 3 is 2.88 bits per heavy atom. The van der Waals surface area contributed by atoms with Gasteiger partial charge in [0.25, 0.3) is 5.91 Å². The molecule has 0 aromatic heterocycles. The number of methoxy groups -OCH3 is 1. The van der Waals surface area contributed by atoms with Crippen LogP contribution < -0.4 is 15.8 Å². The molecule has 17 heavy (non-hydrogen) atoms. The number of rotatable bonds is 5. The molecule has 0 aliphatic rings. The number of nitrogens with zero attached hydrogens (tertiary/aromatic N) is 1. The monoisotopic (exact) mass is 237 g/mol. The second-order valence-corrected chi connectivity index (χ2v) is 3.30. The highest BCUT2D eigenvalue weighted by atomic mass is 16.5. The molecule has 0 aliphatic heterocycles. The highest BCUT2D eigenvalue weighted by Crippen LogP contribution is 2.16. The van der Waals surface area contributed by atoms with Crippen LogP contribution in [0.15, 0.2) is 29.4 Å². The summed E-state index contributed by atoms with van der Waals surface area (Å²) in [5.41, 5.74) is 5.73. The molecule has 1 rings (SSSR count). The molecular formula is C11H15N3O3. The number of ether oxygens (including phenoxy) is 1. The number of para-hydroxylation sites is 1. The number of amides is 1. The average Bonchev–Trinajstić information content (AvgIpc) is 2.38. The van der Waals surface area contributed by atoms with Gasteiger partial charge < -0.3 is 21.0 Å². The molecule has 0 spiro atoms. The maximum absolute atomic E-state index is 11.8. The molecule has 0 bridgehead atoms. The van der Waals surface area contributed by atoms with Crippen molar-refractivity contribution in [3.63, 3.8) is 0 Å². The van der Waals surface area contributed by atoms with Crippen molar-refractivity contribution >= 4 is 11.7 Å². The summed E-state index contributed by atoms with van der Waals surface area (Å²) in [7, 11) is 1.50. The average molecular weight is 237 g/mol. The molecule has 1 aromatic rings. The van der Waals surface area contributed by atoms with Crippen molar-refractivity contribution in [2.24, 2.45) is 10.9 Å². The van der Waals surface area contributed by atoms with Gasteiger partial charge in [0.05, 0.1) is 12.7 Å². The molecule has 0 radical (unpaired) electrons. The summed E-state index contributed by atoms with van der Waals surface area (Å²) in [4.78, 5) is 11.8. The van der Waals surface area contributed by atoms with Gasteiger partial charge in [0, 0.05) is 13.0 Å². The fourth-order valence-electron chi connectivity index (χ4n) is 1.28. The summed E-state index contributed by atoms with van der Waals surface area (Å²) in [6.07, 6.45) is 0.289. The van der Waals surface area contributed by atoms with Crippen LogP contribution in [0.2, 0.25) is 0 Å². The van der Waals surface area contributed by atoms with Crippen LogP contribution in [0.4, 0.5) is 0 Å². The summed E-state index contributed by atoms with van der Waals surface area (Å²) in [6.45, 7) is 0.298. The van der Waals surface area contributed by atoms with Gasteiger partial charge in [0.2, 0.25) is 0 Å². The maximum Gasteiger partial charge on any atom is 0.255 e. The van der Waals surface area contributed by atoms with E-state index in [0.29, 0.717) is 17.9 Å². The number of nitrogens with two attached hydrogens (primary N) is 1. The Labute approximate surface area is 99.1 Å². The van der Waals surface area contributed by atoms with Gasteiger partial charge in [-0.3, -0.25) is 4.79 Å². The van der Waals surface area contributed by atoms with Crippen molar-refractivity contribution in [2.45, 2.75) is 6.42 Å². The smallest absolute Gasteiger partial charge is 0.255 e. The first-order chi connectivity index (χ1) is 8.19. The standard InChI is InChI=1S/C11H15N3O3/c1-17-9-5-3-2-4-8(9)11(15)13-7-6-10(12)14-16/h2-5,16H,6-7H2,1H3,(H2,12,14)(H,13,15). The van der Waals surface area contributed by atoms with Gasteiger partial charge in [-0.15, -0.1) is 0 Å². The maximum atomic E-state index is 11.8. The third kappa shape index (κ3) is 3.67. The van der Waals surface area contributed by atoms with E-state index in [4.69, 9.17) is 15.7 Å². The van der Waals surface area contributed by atoms with Crippen molar-refractivity contribution < 1.29 is 14.7 Å². The van der Waals surface area contributed by atoms with Crippen LogP contribution in [0.5, 0.6) is 5.75 Å². The van der Waals surface area contributed by atoms with Crippen molar-refractivity contribution in [3.8, 4) is 5.75 Å². The third-order valence-corrected chi connectivity index (χ3v) is 2.15. The number of nitrogens with one attached hydrogen (secondary N) is 1. The minimum absolute atomic E-state index is 0.0744. The van der Waals surface area contributed by atoms with Crippen LogP contribution >= 0.6 is 0 Å². The molecule has 0 aliphatic carbocycles. The van der Waals surface area contributed by atoms with Gasteiger partial charge >= 0.3 is 0 Å². The van der Waals surface area contributed by atoms with E-state index in [0.717, 1.165) is 0 Å². The van der Waals surface area contributed by atoms with E-state index < -0.39 is 0 Å². The molecule has 6 nitrogen and oxygen atoms in total. The number of amidine groups is 1. The Bertz CT molecular complexity index is 418. The summed E-state index contributed by atoms with van der Waals surface area (Å²) >= 11 is 0. The molecule has 6 heteroatoms. The number of hydrogen-bond donors (Lipinski definition) is 3. The van der Waals surface area contributed by atoms with Gasteiger partial charge in [-0.25, -0.2) is 0 Å². The largest absolute Gasteiger partial charge is 0.496 e. The molecule has 1 amide bonds. The van der Waals surface area contributed by atoms with Crippen LogP contribution in [0.25, 0.3) is 0 Å². The van der Waals surface area contributed by atoms with Crippen LogP contribution in [0.3, 0.4) is 0 Å². The van der Waals surface area contributed by atoms with Gasteiger partial charge in [-0.2, -0.15) is 0 Å². The first-order valence-electron chi connectivity index (χ1n) is 5.06. The molecule has 0 fully saturated rings. The summed E-state index contributed by atoms with van der Waals surface area (Å²) in [6, 6.07) is 6.91. The Balaban J connectivity index is 2.58. The molecule has 4 N–H and O–H groups in total. The predicted molar refractivity (Wildman–Crippen MR) is 63.4 cm³/mol. The second-order valence-electron chi connectivity index (χ2n) is 3.30. The Hall–Kier alpha value is -2.24. The Morgan fingerprint density at radius 2 is 2.24 bits per heavy atom. The molecular weight excluding hydrogens is 222 g/mol. The Morgan fingerprint density at radius 1 is 1.53 bits per heavy atom. The summed E-state index contributed by atoms with van der Waals surface area (Å²) in [5, 5.41) is 13.8. The van der Waals surface area contributed by atoms with Crippen LogP contribution in [-0.4, -0.2) is 30.6 Å². The minimum Gasteiger partial charge on any atom is -0.496 e. The van der Waals surface area contributed by atoms with E-state index in [9.17, 15) is 4.79 Å². The molecule has 92 valence electrons. The first-order valence-corrected chi connectivity index (χ1v) is 5.06. The second kappa shape index (κ2) is 6.37. The SMILES string of the molecule is COc1ccccc1C(=O)NCCC(N)=NO. The van der Waals surface area contributed by atoms with Crippen LogP contribution in [0.1, 0.15) is 16.8 Å². The lowest BCUT2D eigenvalue weighted by molar-refractivity contribution is 0.0951. The molecule has 0 saturated carbocycles. The van der Waals surface area contributed by atoms with Gasteiger partial charge in [0.1, 0.15) is 11.6 Å². The zero-order chi connectivity index (χ0) is 12.7. The Kier molecular flexibility index (Phi) is 4.80. The molecule has 0 atom stereocenters. The number of carbonyl (C=O) groups is 1. The lowest BCUT2D eigenvalue weighted by Gasteiger charge is -2.08. The molecule has 1 aromatic carbocycles. The summed E-state index contributed by atoms with van der Waals surface area (Å²) < 4.78 is 5.07. The van der Waals surface area contributed by atoms with E-state index in [-0.39, 0.29) is 18.2 Å². The lowest BCUT2D eigenvalue weighted by Crippen LogP contribution is -2.28. The quantitative estimate of drug-likeness (QED) is 0.302. The molecule has 0 saturated heterocycles. The van der Waals surface area contributed by atoms with Crippen LogP contribution in [-0.2, 0) is 0 Å². The zero-order valence-electron chi connectivity index (χ0n) is 9.51. The van der Waals surface area contributed by atoms with E-state index in [1.165, 1.54) is 7.11 Å². The number of hydrogen-bond acceptors (Lipinski definition) is 4. The minimum atomic E-state index is -0.256. The van der Waals surface area contributed by atoms with E-state index in [1.54, 1.807) is 24.3 Å². The van der Waals surface area contributed by atoms with Crippen LogP contribution in [0, 0.1) is 0 Å². The van der Waals surface area contributed by atoms with E-state index in [2.05, 4.69) is 10.5 Å². The van der Waals surface area contributed by atoms with Crippen molar-refractivity contribution in [1.29, 1.82) is 0 Å². The molecule has 0 heterocycles. The van der Waals surface area contributed by atoms with Gasteiger partial charge in [0.15, 0.2) is 0 Å². The topological polar surface area (TPSA) is 96.9 Å². The van der Waals surface area contributed by atoms with Crippen molar-refractivity contribution in [1.82, 2.24) is 5.32 Å². The van der Waals surface area contributed by atoms with Gasteiger partial charge in [-0.05, 0) is 12.1 Å². The lowest BCUT2D eigenvalue weighted by atomic mass is 10.2. The fourth-order valence-corrected chi connectivity index (χ4v) is 1.28. The highest BCUT2D eigenvalue weighted by Gasteiger charge is 2.10. The number of oxime groups is 1. The predicted octanol–water partition coefficient (Wildman–Crippen LogP) is 0.562. The van der Waals surface area contributed by atoms with Gasteiger partial charge in [-0.1, -0.05) is 17.3 Å². The normalized spacial score (nSPS) is 11.0.